The zero-order valence-electron chi connectivity index (χ0n) is 11.9. The molecule has 114 valence electrons. The van der Waals surface area contributed by atoms with Gasteiger partial charge in [-0.1, -0.05) is 18.9 Å². The predicted octanol–water partition coefficient (Wildman–Crippen LogP) is 2.69. The van der Waals surface area contributed by atoms with Gasteiger partial charge in [0.05, 0.1) is 0 Å². The molecule has 1 saturated carbocycles. The predicted molar refractivity (Wildman–Crippen MR) is 74.6 cm³/mol. The van der Waals surface area contributed by atoms with Crippen molar-refractivity contribution in [2.75, 3.05) is 11.9 Å². The maximum absolute atomic E-state index is 13.5. The molecule has 0 radical (unpaired) electrons. The third-order valence-corrected chi connectivity index (χ3v) is 3.71. The second-order valence-corrected chi connectivity index (χ2v) is 5.23. The summed E-state index contributed by atoms with van der Waals surface area (Å²) in [6, 6.07) is 3.40. The molecule has 0 heterocycles. The zero-order chi connectivity index (χ0) is 15.4. The van der Waals surface area contributed by atoms with Gasteiger partial charge in [-0.2, -0.15) is 0 Å². The van der Waals surface area contributed by atoms with E-state index in [2.05, 4.69) is 5.32 Å². The summed E-state index contributed by atoms with van der Waals surface area (Å²) in [4.78, 5) is 25.1. The number of anilines is 1. The van der Waals surface area contributed by atoms with Crippen LogP contribution in [-0.4, -0.2) is 29.3 Å². The molecule has 2 amide bonds. The van der Waals surface area contributed by atoms with E-state index >= 15 is 0 Å². The van der Waals surface area contributed by atoms with E-state index in [0.717, 1.165) is 37.8 Å². The van der Waals surface area contributed by atoms with Crippen molar-refractivity contribution in [2.24, 2.45) is 0 Å². The van der Waals surface area contributed by atoms with E-state index in [1.807, 2.05) is 0 Å². The highest BCUT2D eigenvalue weighted by molar-refractivity contribution is 5.94. The molecule has 1 N–H and O–H groups in total. The molecular formula is C15H18F2N2O2. The molecule has 0 aliphatic heterocycles. The van der Waals surface area contributed by atoms with Crippen molar-refractivity contribution in [2.45, 2.75) is 38.6 Å². The SMILES string of the molecule is CC(=O)N(CC(=O)Nc1c(F)cccc1F)C1CCCC1. The van der Waals surface area contributed by atoms with E-state index in [0.29, 0.717) is 0 Å². The molecule has 2 rings (SSSR count). The minimum atomic E-state index is -0.835. The lowest BCUT2D eigenvalue weighted by Crippen LogP contribution is -2.42. The molecule has 0 saturated heterocycles. The average molecular weight is 296 g/mol. The van der Waals surface area contributed by atoms with Crippen molar-refractivity contribution in [3.8, 4) is 0 Å². The first-order chi connectivity index (χ1) is 9.99. The van der Waals surface area contributed by atoms with Crippen molar-refractivity contribution in [3.63, 3.8) is 0 Å². The highest BCUT2D eigenvalue weighted by Crippen LogP contribution is 2.24. The number of hydrogen-bond acceptors (Lipinski definition) is 2. The van der Waals surface area contributed by atoms with Crippen molar-refractivity contribution in [3.05, 3.63) is 29.8 Å². The second-order valence-electron chi connectivity index (χ2n) is 5.23. The molecule has 1 aromatic carbocycles. The fourth-order valence-corrected chi connectivity index (χ4v) is 2.66. The Hall–Kier alpha value is -1.98. The second kappa shape index (κ2) is 6.65. The summed E-state index contributed by atoms with van der Waals surface area (Å²) in [5, 5.41) is 2.20. The Balaban J connectivity index is 2.04. The van der Waals surface area contributed by atoms with E-state index in [1.54, 1.807) is 0 Å². The molecule has 0 spiro atoms. The van der Waals surface area contributed by atoms with Crippen LogP contribution in [0.15, 0.2) is 18.2 Å². The number of nitrogens with zero attached hydrogens (tertiary/aromatic N) is 1. The highest BCUT2D eigenvalue weighted by atomic mass is 19.1. The largest absolute Gasteiger partial charge is 0.331 e. The van der Waals surface area contributed by atoms with Gasteiger partial charge in [0, 0.05) is 13.0 Å². The first kappa shape index (κ1) is 15.4. The summed E-state index contributed by atoms with van der Waals surface area (Å²) < 4.78 is 26.9. The lowest BCUT2D eigenvalue weighted by molar-refractivity contribution is -0.135. The third kappa shape index (κ3) is 3.77. The maximum Gasteiger partial charge on any atom is 0.244 e. The van der Waals surface area contributed by atoms with E-state index in [-0.39, 0.29) is 18.5 Å². The van der Waals surface area contributed by atoms with Crippen molar-refractivity contribution < 1.29 is 18.4 Å². The Morgan fingerprint density at radius 2 is 1.81 bits per heavy atom. The number of carbonyl (C=O) groups excluding carboxylic acids is 2. The molecule has 4 nitrogen and oxygen atoms in total. The molecule has 0 bridgehead atoms. The van der Waals surface area contributed by atoms with Crippen LogP contribution < -0.4 is 5.32 Å². The van der Waals surface area contributed by atoms with Gasteiger partial charge in [-0.3, -0.25) is 9.59 Å². The first-order valence-electron chi connectivity index (χ1n) is 7.00. The van der Waals surface area contributed by atoms with Crippen LogP contribution in [0, 0.1) is 11.6 Å². The summed E-state index contributed by atoms with van der Waals surface area (Å²) in [6.45, 7) is 1.21. The molecule has 1 aliphatic carbocycles. The van der Waals surface area contributed by atoms with Crippen LogP contribution in [0.5, 0.6) is 0 Å². The van der Waals surface area contributed by atoms with Gasteiger partial charge >= 0.3 is 0 Å². The zero-order valence-corrected chi connectivity index (χ0v) is 11.9. The van der Waals surface area contributed by atoms with E-state index in [9.17, 15) is 18.4 Å². The molecule has 0 atom stereocenters. The summed E-state index contributed by atoms with van der Waals surface area (Å²) in [5.74, 6) is -2.47. The molecule has 0 unspecified atom stereocenters. The summed E-state index contributed by atoms with van der Waals surface area (Å²) in [5.41, 5.74) is -0.475. The van der Waals surface area contributed by atoms with Gasteiger partial charge in [0.15, 0.2) is 0 Å². The Morgan fingerprint density at radius 3 is 2.33 bits per heavy atom. The fourth-order valence-electron chi connectivity index (χ4n) is 2.66. The quantitative estimate of drug-likeness (QED) is 0.928. The van der Waals surface area contributed by atoms with Gasteiger partial charge in [0.2, 0.25) is 11.8 Å². The molecule has 1 aliphatic rings. The Morgan fingerprint density at radius 1 is 1.24 bits per heavy atom. The molecule has 6 heteroatoms. The summed E-state index contributed by atoms with van der Waals surface area (Å²) >= 11 is 0. The topological polar surface area (TPSA) is 49.4 Å². The Kier molecular flexibility index (Phi) is 4.88. The van der Waals surface area contributed by atoms with Gasteiger partial charge in [-0.25, -0.2) is 8.78 Å². The Bertz CT molecular complexity index is 522. The highest BCUT2D eigenvalue weighted by Gasteiger charge is 2.26. The molecular weight excluding hydrogens is 278 g/mol. The van der Waals surface area contributed by atoms with Crippen molar-refractivity contribution in [1.29, 1.82) is 0 Å². The molecule has 0 aromatic heterocycles. The normalized spacial score (nSPS) is 15.0. The number of carbonyl (C=O) groups is 2. The number of halogens is 2. The van der Waals surface area contributed by atoms with Crippen LogP contribution in [0.2, 0.25) is 0 Å². The van der Waals surface area contributed by atoms with Crippen LogP contribution in [0.1, 0.15) is 32.6 Å². The van der Waals surface area contributed by atoms with Crippen molar-refractivity contribution >= 4 is 17.5 Å². The Labute approximate surface area is 122 Å². The van der Waals surface area contributed by atoms with Crippen LogP contribution in [0.25, 0.3) is 0 Å². The summed E-state index contributed by atoms with van der Waals surface area (Å²) in [7, 11) is 0. The van der Waals surface area contributed by atoms with Gasteiger partial charge in [-0.05, 0) is 25.0 Å². The lowest BCUT2D eigenvalue weighted by Gasteiger charge is -2.27. The standard InChI is InChI=1S/C15H18F2N2O2/c1-10(20)19(11-5-2-3-6-11)9-14(21)18-15-12(16)7-4-8-13(15)17/h4,7-8,11H,2-3,5-6,9H2,1H3,(H,18,21). The molecule has 1 fully saturated rings. The number of amides is 2. The number of nitrogens with one attached hydrogen (secondary N) is 1. The monoisotopic (exact) mass is 296 g/mol. The molecule has 21 heavy (non-hydrogen) atoms. The minimum absolute atomic E-state index is 0.0405. The van der Waals surface area contributed by atoms with Gasteiger partial charge < -0.3 is 10.2 Å². The third-order valence-electron chi connectivity index (χ3n) is 3.71. The number of para-hydroxylation sites is 1. The smallest absolute Gasteiger partial charge is 0.244 e. The number of hydrogen-bond donors (Lipinski definition) is 1. The van der Waals surface area contributed by atoms with Gasteiger partial charge in [0.1, 0.15) is 23.9 Å². The van der Waals surface area contributed by atoms with Crippen LogP contribution in [0.3, 0.4) is 0 Å². The minimum Gasteiger partial charge on any atom is -0.331 e. The summed E-state index contributed by atoms with van der Waals surface area (Å²) in [6.07, 6.45) is 3.78. The van der Waals surface area contributed by atoms with Crippen molar-refractivity contribution in [1.82, 2.24) is 4.90 Å². The van der Waals surface area contributed by atoms with Gasteiger partial charge in [0.25, 0.3) is 0 Å². The molecule has 1 aromatic rings. The average Bonchev–Trinajstić information content (AvgIpc) is 2.94. The fraction of sp³-hybridized carbons (Fsp3) is 0.467. The first-order valence-corrected chi connectivity index (χ1v) is 7.00. The lowest BCUT2D eigenvalue weighted by atomic mass is 10.2. The van der Waals surface area contributed by atoms with Gasteiger partial charge in [-0.15, -0.1) is 0 Å². The van der Waals surface area contributed by atoms with E-state index < -0.39 is 23.2 Å². The van der Waals surface area contributed by atoms with E-state index in [1.165, 1.54) is 17.9 Å². The number of benzene rings is 1. The number of rotatable bonds is 4. The van der Waals surface area contributed by atoms with Crippen LogP contribution in [0.4, 0.5) is 14.5 Å². The van der Waals surface area contributed by atoms with E-state index in [4.69, 9.17) is 0 Å². The van der Waals surface area contributed by atoms with Crippen LogP contribution >= 0.6 is 0 Å². The van der Waals surface area contributed by atoms with Crippen LogP contribution in [-0.2, 0) is 9.59 Å². The maximum atomic E-state index is 13.5.